The molecule has 0 unspecified atom stereocenters. The largest absolute Gasteiger partial charge is 0.462 e. The number of hydrogen-bond donors (Lipinski definition) is 2. The Hall–Kier alpha value is -2.77. The monoisotopic (exact) mass is 383 g/mol. The minimum absolute atomic E-state index is 0.313. The van der Waals surface area contributed by atoms with E-state index in [2.05, 4.69) is 15.6 Å². The first-order valence-electron chi connectivity index (χ1n) is 8.01. The summed E-state index contributed by atoms with van der Waals surface area (Å²) in [5, 5.41) is 7.17. The maximum absolute atomic E-state index is 12.3. The SMILES string of the molecule is CCOC(=O)c1cc(-c2ccccc2)sc1NC(=S)Nc1cccnc1. The molecule has 0 aliphatic heterocycles. The van der Waals surface area contributed by atoms with Crippen LogP contribution in [0.15, 0.2) is 60.9 Å². The van der Waals surface area contributed by atoms with Crippen LogP contribution in [0, 0.1) is 0 Å². The number of thiocarbonyl (C=S) groups is 1. The molecule has 0 saturated carbocycles. The first kappa shape index (κ1) is 18.0. The van der Waals surface area contributed by atoms with E-state index in [-0.39, 0.29) is 5.97 Å². The molecule has 1 aromatic carbocycles. The van der Waals surface area contributed by atoms with Gasteiger partial charge in [0.25, 0.3) is 0 Å². The molecule has 7 heteroatoms. The minimum Gasteiger partial charge on any atom is -0.462 e. The van der Waals surface area contributed by atoms with E-state index in [1.54, 1.807) is 19.3 Å². The first-order chi connectivity index (χ1) is 12.7. The van der Waals surface area contributed by atoms with Crippen LogP contribution in [0.25, 0.3) is 10.4 Å². The lowest BCUT2D eigenvalue weighted by molar-refractivity contribution is 0.0528. The van der Waals surface area contributed by atoms with Crippen LogP contribution in [0.3, 0.4) is 0 Å². The molecule has 0 spiro atoms. The number of hydrogen-bond acceptors (Lipinski definition) is 5. The number of carbonyl (C=O) groups excluding carboxylic acids is 1. The lowest BCUT2D eigenvalue weighted by atomic mass is 10.1. The number of benzene rings is 1. The van der Waals surface area contributed by atoms with Gasteiger partial charge in [-0.05, 0) is 42.9 Å². The summed E-state index contributed by atoms with van der Waals surface area (Å²) in [7, 11) is 0. The summed E-state index contributed by atoms with van der Waals surface area (Å²) in [4.78, 5) is 17.3. The molecule has 0 bridgehead atoms. The summed E-state index contributed by atoms with van der Waals surface area (Å²) in [5.74, 6) is -0.377. The van der Waals surface area contributed by atoms with Crippen molar-refractivity contribution in [1.82, 2.24) is 4.98 Å². The number of nitrogens with one attached hydrogen (secondary N) is 2. The van der Waals surface area contributed by atoms with Crippen LogP contribution < -0.4 is 10.6 Å². The van der Waals surface area contributed by atoms with Crippen LogP contribution >= 0.6 is 23.6 Å². The highest BCUT2D eigenvalue weighted by molar-refractivity contribution is 7.80. The van der Waals surface area contributed by atoms with Gasteiger partial charge in [-0.3, -0.25) is 4.98 Å². The van der Waals surface area contributed by atoms with Gasteiger partial charge < -0.3 is 15.4 Å². The fourth-order valence-electron chi connectivity index (χ4n) is 2.29. The molecule has 3 rings (SSSR count). The summed E-state index contributed by atoms with van der Waals surface area (Å²) in [5.41, 5.74) is 2.26. The highest BCUT2D eigenvalue weighted by Gasteiger charge is 2.19. The van der Waals surface area contributed by atoms with Crippen molar-refractivity contribution in [2.24, 2.45) is 0 Å². The van der Waals surface area contributed by atoms with E-state index in [0.717, 1.165) is 16.1 Å². The van der Waals surface area contributed by atoms with Crippen molar-refractivity contribution in [3.05, 3.63) is 66.5 Å². The Morgan fingerprint density at radius 3 is 2.69 bits per heavy atom. The fourth-order valence-corrected chi connectivity index (χ4v) is 3.63. The fraction of sp³-hybridized carbons (Fsp3) is 0.105. The van der Waals surface area contributed by atoms with E-state index in [9.17, 15) is 4.79 Å². The molecule has 0 amide bonds. The zero-order chi connectivity index (χ0) is 18.4. The second kappa shape index (κ2) is 8.55. The third-order valence-corrected chi connectivity index (χ3v) is 4.74. The van der Waals surface area contributed by atoms with E-state index in [1.165, 1.54) is 11.3 Å². The van der Waals surface area contributed by atoms with Crippen LogP contribution in [0.2, 0.25) is 0 Å². The molecule has 2 heterocycles. The Balaban J connectivity index is 1.85. The zero-order valence-electron chi connectivity index (χ0n) is 14.1. The van der Waals surface area contributed by atoms with Crippen molar-refractivity contribution in [3.63, 3.8) is 0 Å². The van der Waals surface area contributed by atoms with E-state index >= 15 is 0 Å². The predicted molar refractivity (Wildman–Crippen MR) is 110 cm³/mol. The van der Waals surface area contributed by atoms with Crippen LogP contribution in [-0.2, 0) is 4.74 Å². The minimum atomic E-state index is -0.377. The Morgan fingerprint density at radius 1 is 1.19 bits per heavy atom. The number of carbonyl (C=O) groups is 1. The molecule has 0 radical (unpaired) electrons. The van der Waals surface area contributed by atoms with Crippen molar-refractivity contribution in [2.75, 3.05) is 17.2 Å². The molecule has 132 valence electrons. The molecule has 5 nitrogen and oxygen atoms in total. The number of thiophene rings is 1. The zero-order valence-corrected chi connectivity index (χ0v) is 15.7. The van der Waals surface area contributed by atoms with Crippen LogP contribution in [0.4, 0.5) is 10.7 Å². The number of ether oxygens (including phenoxy) is 1. The van der Waals surface area contributed by atoms with Crippen molar-refractivity contribution in [1.29, 1.82) is 0 Å². The molecule has 2 N–H and O–H groups in total. The predicted octanol–water partition coefficient (Wildman–Crippen LogP) is 4.80. The van der Waals surface area contributed by atoms with Crippen LogP contribution in [0.1, 0.15) is 17.3 Å². The van der Waals surface area contributed by atoms with Crippen molar-refractivity contribution in [3.8, 4) is 10.4 Å². The Labute approximate surface area is 161 Å². The standard InChI is InChI=1S/C19H17N3O2S2/c1-2-24-18(23)15-11-16(13-7-4-3-5-8-13)26-17(15)22-19(25)21-14-9-6-10-20-12-14/h3-12H,2H2,1H3,(H2,21,22,25). The average molecular weight is 383 g/mol. The lowest BCUT2D eigenvalue weighted by Crippen LogP contribution is -2.20. The maximum Gasteiger partial charge on any atom is 0.341 e. The van der Waals surface area contributed by atoms with E-state index < -0.39 is 0 Å². The smallest absolute Gasteiger partial charge is 0.341 e. The van der Waals surface area contributed by atoms with Crippen molar-refractivity contribution < 1.29 is 9.53 Å². The van der Waals surface area contributed by atoms with Crippen LogP contribution in [-0.4, -0.2) is 22.7 Å². The summed E-state index contributed by atoms with van der Waals surface area (Å²) in [6, 6.07) is 15.4. The van der Waals surface area contributed by atoms with Crippen molar-refractivity contribution in [2.45, 2.75) is 6.92 Å². The highest BCUT2D eigenvalue weighted by Crippen LogP contribution is 2.36. The topological polar surface area (TPSA) is 63.2 Å². The number of aromatic nitrogens is 1. The van der Waals surface area contributed by atoms with E-state index in [4.69, 9.17) is 17.0 Å². The molecular weight excluding hydrogens is 366 g/mol. The second-order valence-corrected chi connectivity index (χ2v) is 6.72. The van der Waals surface area contributed by atoms with Gasteiger partial charge >= 0.3 is 5.97 Å². The van der Waals surface area contributed by atoms with Gasteiger partial charge in [0.05, 0.1) is 24.1 Å². The number of anilines is 2. The Morgan fingerprint density at radius 2 is 2.00 bits per heavy atom. The molecule has 0 saturated heterocycles. The quantitative estimate of drug-likeness (QED) is 0.488. The van der Waals surface area contributed by atoms with Gasteiger partial charge in [0.15, 0.2) is 5.11 Å². The highest BCUT2D eigenvalue weighted by atomic mass is 32.1. The molecule has 0 atom stereocenters. The summed E-state index contributed by atoms with van der Waals surface area (Å²) in [6.07, 6.45) is 3.36. The lowest BCUT2D eigenvalue weighted by Gasteiger charge is -2.10. The maximum atomic E-state index is 12.3. The third kappa shape index (κ3) is 4.44. The molecule has 26 heavy (non-hydrogen) atoms. The van der Waals surface area contributed by atoms with Gasteiger partial charge in [0.2, 0.25) is 0 Å². The number of esters is 1. The molecule has 0 aliphatic rings. The van der Waals surface area contributed by atoms with E-state index in [1.807, 2.05) is 48.5 Å². The van der Waals surface area contributed by atoms with Crippen LogP contribution in [0.5, 0.6) is 0 Å². The Kier molecular flexibility index (Phi) is 5.93. The number of pyridine rings is 1. The number of nitrogens with zero attached hydrogens (tertiary/aromatic N) is 1. The Bertz CT molecular complexity index is 896. The summed E-state index contributed by atoms with van der Waals surface area (Å²) < 4.78 is 5.17. The van der Waals surface area contributed by atoms with E-state index in [0.29, 0.717) is 22.3 Å². The normalized spacial score (nSPS) is 10.2. The van der Waals surface area contributed by atoms with Gasteiger partial charge in [-0.1, -0.05) is 30.3 Å². The summed E-state index contributed by atoms with van der Waals surface area (Å²) in [6.45, 7) is 2.09. The van der Waals surface area contributed by atoms with Gasteiger partial charge in [-0.25, -0.2) is 4.79 Å². The van der Waals surface area contributed by atoms with Gasteiger partial charge in [0, 0.05) is 11.1 Å². The molecular formula is C19H17N3O2S2. The summed E-state index contributed by atoms with van der Waals surface area (Å²) >= 11 is 6.81. The third-order valence-electron chi connectivity index (χ3n) is 3.43. The van der Waals surface area contributed by atoms with Gasteiger partial charge in [-0.2, -0.15) is 0 Å². The molecule has 0 fully saturated rings. The van der Waals surface area contributed by atoms with Gasteiger partial charge in [-0.15, -0.1) is 11.3 Å². The molecule has 3 aromatic rings. The van der Waals surface area contributed by atoms with Gasteiger partial charge in [0.1, 0.15) is 5.00 Å². The second-order valence-electron chi connectivity index (χ2n) is 5.26. The number of rotatable bonds is 5. The van der Waals surface area contributed by atoms with Crippen molar-refractivity contribution >= 4 is 45.3 Å². The molecule has 2 aromatic heterocycles. The molecule has 0 aliphatic carbocycles. The first-order valence-corrected chi connectivity index (χ1v) is 9.24. The average Bonchev–Trinajstić information content (AvgIpc) is 3.07.